The third kappa shape index (κ3) is 1.91. The van der Waals surface area contributed by atoms with E-state index in [0.717, 1.165) is 17.8 Å². The van der Waals surface area contributed by atoms with Gasteiger partial charge in [0.2, 0.25) is 0 Å². The Labute approximate surface area is 104 Å². The van der Waals surface area contributed by atoms with Gasteiger partial charge in [-0.1, -0.05) is 30.7 Å². The van der Waals surface area contributed by atoms with Gasteiger partial charge in [-0.2, -0.15) is 0 Å². The number of aliphatic hydroxyl groups excluding tert-OH is 1. The third-order valence-electron chi connectivity index (χ3n) is 5.09. The van der Waals surface area contributed by atoms with Crippen molar-refractivity contribution in [3.63, 3.8) is 0 Å². The van der Waals surface area contributed by atoms with Gasteiger partial charge >= 0.3 is 0 Å². The first-order valence-electron chi connectivity index (χ1n) is 6.96. The van der Waals surface area contributed by atoms with Gasteiger partial charge in [-0.3, -0.25) is 0 Å². The summed E-state index contributed by atoms with van der Waals surface area (Å²) in [6.45, 7) is 2.49. The van der Waals surface area contributed by atoms with Crippen molar-refractivity contribution in [2.75, 3.05) is 6.61 Å². The van der Waals surface area contributed by atoms with Crippen LogP contribution in [0.1, 0.15) is 42.7 Å². The van der Waals surface area contributed by atoms with E-state index < -0.39 is 0 Å². The Morgan fingerprint density at radius 2 is 2.06 bits per heavy atom. The number of benzene rings is 1. The lowest BCUT2D eigenvalue weighted by Crippen LogP contribution is -2.22. The minimum atomic E-state index is 0.318. The van der Waals surface area contributed by atoms with Crippen LogP contribution >= 0.6 is 0 Å². The molecule has 2 aliphatic rings. The summed E-state index contributed by atoms with van der Waals surface area (Å²) in [5, 5.41) is 9.79. The predicted molar refractivity (Wildman–Crippen MR) is 69.9 cm³/mol. The molecule has 2 aliphatic carbocycles. The first kappa shape index (κ1) is 11.3. The quantitative estimate of drug-likeness (QED) is 0.842. The molecule has 2 saturated carbocycles. The summed E-state index contributed by atoms with van der Waals surface area (Å²) >= 11 is 0. The van der Waals surface area contributed by atoms with Crippen molar-refractivity contribution < 1.29 is 5.11 Å². The molecule has 0 saturated heterocycles. The summed E-state index contributed by atoms with van der Waals surface area (Å²) in [5.74, 6) is 2.96. The molecule has 1 heteroatoms. The van der Waals surface area contributed by atoms with Crippen LogP contribution in [0.3, 0.4) is 0 Å². The average molecular weight is 230 g/mol. The van der Waals surface area contributed by atoms with E-state index in [-0.39, 0.29) is 0 Å². The molecule has 0 aliphatic heterocycles. The van der Waals surface area contributed by atoms with Crippen LogP contribution in [0.25, 0.3) is 0 Å². The maximum atomic E-state index is 9.79. The molecule has 0 heterocycles. The zero-order valence-electron chi connectivity index (χ0n) is 10.6. The van der Waals surface area contributed by atoms with E-state index in [1.54, 1.807) is 0 Å². The van der Waals surface area contributed by atoms with E-state index in [0.29, 0.717) is 12.5 Å². The third-order valence-corrected chi connectivity index (χ3v) is 5.09. The van der Waals surface area contributed by atoms with Crippen LogP contribution in [0.2, 0.25) is 0 Å². The van der Waals surface area contributed by atoms with Crippen LogP contribution in [0, 0.1) is 24.7 Å². The Morgan fingerprint density at radius 3 is 2.65 bits per heavy atom. The van der Waals surface area contributed by atoms with Gasteiger partial charge in [0.25, 0.3) is 0 Å². The Morgan fingerprint density at radius 1 is 1.24 bits per heavy atom. The number of aliphatic hydroxyl groups is 1. The van der Waals surface area contributed by atoms with Crippen molar-refractivity contribution in [3.05, 3.63) is 35.4 Å². The molecule has 92 valence electrons. The van der Waals surface area contributed by atoms with Gasteiger partial charge in [0, 0.05) is 5.92 Å². The largest absolute Gasteiger partial charge is 0.396 e. The van der Waals surface area contributed by atoms with E-state index in [9.17, 15) is 5.11 Å². The SMILES string of the molecule is Cc1ccccc1C(CO)C1CC2CCC1C2. The van der Waals surface area contributed by atoms with Gasteiger partial charge in [-0.25, -0.2) is 0 Å². The topological polar surface area (TPSA) is 20.2 Å². The zero-order valence-corrected chi connectivity index (χ0v) is 10.6. The zero-order chi connectivity index (χ0) is 11.8. The molecule has 1 aromatic carbocycles. The van der Waals surface area contributed by atoms with Crippen molar-refractivity contribution in [1.82, 2.24) is 0 Å². The highest BCUT2D eigenvalue weighted by Crippen LogP contribution is 2.53. The molecule has 1 nitrogen and oxygen atoms in total. The summed E-state index contributed by atoms with van der Waals surface area (Å²) < 4.78 is 0. The number of rotatable bonds is 3. The molecule has 4 unspecified atom stereocenters. The molecular formula is C16H22O. The lowest BCUT2D eigenvalue weighted by Gasteiger charge is -2.30. The molecule has 1 N–H and O–H groups in total. The molecule has 0 radical (unpaired) electrons. The highest BCUT2D eigenvalue weighted by atomic mass is 16.3. The van der Waals surface area contributed by atoms with Gasteiger partial charge in [-0.05, 0) is 55.1 Å². The van der Waals surface area contributed by atoms with Gasteiger partial charge in [0.15, 0.2) is 0 Å². The normalized spacial score (nSPS) is 32.9. The van der Waals surface area contributed by atoms with Gasteiger partial charge in [-0.15, -0.1) is 0 Å². The maximum absolute atomic E-state index is 9.79. The molecule has 3 rings (SSSR count). The highest BCUT2D eigenvalue weighted by molar-refractivity contribution is 5.30. The second kappa shape index (κ2) is 4.45. The summed E-state index contributed by atoms with van der Waals surface area (Å²) in [6, 6.07) is 8.58. The first-order valence-corrected chi connectivity index (χ1v) is 6.96. The van der Waals surface area contributed by atoms with Crippen molar-refractivity contribution in [3.8, 4) is 0 Å². The number of hydrogen-bond donors (Lipinski definition) is 1. The van der Waals surface area contributed by atoms with E-state index in [4.69, 9.17) is 0 Å². The second-order valence-corrected chi connectivity index (χ2v) is 5.98. The molecular weight excluding hydrogens is 208 g/mol. The summed E-state index contributed by atoms with van der Waals surface area (Å²) in [4.78, 5) is 0. The monoisotopic (exact) mass is 230 g/mol. The lowest BCUT2D eigenvalue weighted by molar-refractivity contribution is 0.185. The number of hydrogen-bond acceptors (Lipinski definition) is 1. The van der Waals surface area contributed by atoms with Gasteiger partial charge < -0.3 is 5.11 Å². The van der Waals surface area contributed by atoms with Crippen molar-refractivity contribution in [1.29, 1.82) is 0 Å². The maximum Gasteiger partial charge on any atom is 0.0502 e. The van der Waals surface area contributed by atoms with Crippen molar-refractivity contribution in [2.45, 2.75) is 38.5 Å². The molecule has 0 amide bonds. The predicted octanol–water partition coefficient (Wildman–Crippen LogP) is 3.51. The lowest BCUT2D eigenvalue weighted by atomic mass is 9.75. The fourth-order valence-corrected chi connectivity index (χ4v) is 4.25. The van der Waals surface area contributed by atoms with Crippen molar-refractivity contribution in [2.24, 2.45) is 17.8 Å². The number of fused-ring (bicyclic) bond motifs is 2. The van der Waals surface area contributed by atoms with Crippen LogP contribution in [0.4, 0.5) is 0 Å². The van der Waals surface area contributed by atoms with Crippen molar-refractivity contribution >= 4 is 0 Å². The molecule has 0 aromatic heterocycles. The fraction of sp³-hybridized carbons (Fsp3) is 0.625. The minimum Gasteiger partial charge on any atom is -0.396 e. The van der Waals surface area contributed by atoms with E-state index in [1.807, 2.05) is 0 Å². The van der Waals surface area contributed by atoms with E-state index in [1.165, 1.54) is 36.8 Å². The second-order valence-electron chi connectivity index (χ2n) is 5.98. The summed E-state index contributed by atoms with van der Waals surface area (Å²) in [6.07, 6.45) is 5.61. The molecule has 4 atom stereocenters. The Balaban J connectivity index is 1.87. The number of aryl methyl sites for hydroxylation is 1. The van der Waals surface area contributed by atoms with E-state index in [2.05, 4.69) is 31.2 Å². The first-order chi connectivity index (χ1) is 8.29. The molecule has 17 heavy (non-hydrogen) atoms. The smallest absolute Gasteiger partial charge is 0.0502 e. The van der Waals surface area contributed by atoms with Crippen LogP contribution in [-0.2, 0) is 0 Å². The standard InChI is InChI=1S/C16H22O/c1-11-4-2-3-5-14(11)16(10-17)15-9-12-6-7-13(15)8-12/h2-5,12-13,15-17H,6-10H2,1H3. The summed E-state index contributed by atoms with van der Waals surface area (Å²) in [5.41, 5.74) is 2.72. The van der Waals surface area contributed by atoms with Crippen LogP contribution in [0.15, 0.2) is 24.3 Å². The van der Waals surface area contributed by atoms with Gasteiger partial charge in [0.1, 0.15) is 0 Å². The Bertz CT molecular complexity index is 398. The Kier molecular flexibility index (Phi) is 2.96. The van der Waals surface area contributed by atoms with Crippen LogP contribution in [0.5, 0.6) is 0 Å². The molecule has 2 bridgehead atoms. The van der Waals surface area contributed by atoms with E-state index >= 15 is 0 Å². The molecule has 0 spiro atoms. The fourth-order valence-electron chi connectivity index (χ4n) is 4.25. The summed E-state index contributed by atoms with van der Waals surface area (Å²) in [7, 11) is 0. The molecule has 2 fully saturated rings. The highest BCUT2D eigenvalue weighted by Gasteiger charge is 2.43. The molecule has 1 aromatic rings. The average Bonchev–Trinajstić information content (AvgIpc) is 2.95. The Hall–Kier alpha value is -0.820. The minimum absolute atomic E-state index is 0.318. The van der Waals surface area contributed by atoms with Gasteiger partial charge in [0.05, 0.1) is 6.61 Å². The van der Waals surface area contributed by atoms with Crippen LogP contribution in [-0.4, -0.2) is 11.7 Å². The van der Waals surface area contributed by atoms with Crippen LogP contribution < -0.4 is 0 Å².